The molecule has 0 spiro atoms. The fourth-order valence-electron chi connectivity index (χ4n) is 5.61. The lowest BCUT2D eigenvalue weighted by Gasteiger charge is -2.17. The minimum absolute atomic E-state index is 0.0971. The van der Waals surface area contributed by atoms with Gasteiger partial charge in [0.2, 0.25) is 6.41 Å². The molecule has 2 atom stereocenters. The Labute approximate surface area is 233 Å². The zero-order chi connectivity index (χ0) is 28.0. The average molecular weight is 536 g/mol. The van der Waals surface area contributed by atoms with Crippen molar-refractivity contribution in [2.75, 3.05) is 6.54 Å². The fourth-order valence-corrected chi connectivity index (χ4v) is 5.61. The molecule has 0 aromatic heterocycles. The van der Waals surface area contributed by atoms with E-state index in [-0.39, 0.29) is 54.9 Å². The highest BCUT2D eigenvalue weighted by molar-refractivity contribution is 5.83. The van der Waals surface area contributed by atoms with E-state index in [9.17, 15) is 19.2 Å². The zero-order valence-corrected chi connectivity index (χ0v) is 24.9. The van der Waals surface area contributed by atoms with Crippen molar-refractivity contribution in [1.82, 2.24) is 4.90 Å². The third kappa shape index (κ3) is 16.3. The summed E-state index contributed by atoms with van der Waals surface area (Å²) in [5.74, 6) is -0.338. The number of carbonyl (C=O) groups excluding carboxylic acids is 4. The molecule has 1 fully saturated rings. The van der Waals surface area contributed by atoms with Gasteiger partial charge in [-0.05, 0) is 25.2 Å². The zero-order valence-electron chi connectivity index (χ0n) is 24.9. The van der Waals surface area contributed by atoms with Gasteiger partial charge in [0.05, 0.1) is 6.54 Å². The third-order valence-corrected chi connectivity index (χ3v) is 7.93. The largest absolute Gasteiger partial charge is 0.460 e. The Morgan fingerprint density at radius 3 is 1.63 bits per heavy atom. The Bertz CT molecular complexity index is 632. The summed E-state index contributed by atoms with van der Waals surface area (Å²) in [5.41, 5.74) is 0. The predicted molar refractivity (Wildman–Crippen MR) is 154 cm³/mol. The lowest BCUT2D eigenvalue weighted by Crippen LogP contribution is -2.28. The first kappa shape index (κ1) is 34.3. The Morgan fingerprint density at radius 2 is 1.21 bits per heavy atom. The molecular weight excluding hydrogens is 478 g/mol. The van der Waals surface area contributed by atoms with Crippen molar-refractivity contribution >= 4 is 23.9 Å². The number of rotatable bonds is 25. The molecule has 1 rings (SSSR count). The maximum Gasteiger partial charge on any atom is 0.306 e. The molecule has 0 aliphatic carbocycles. The van der Waals surface area contributed by atoms with E-state index >= 15 is 0 Å². The summed E-state index contributed by atoms with van der Waals surface area (Å²) >= 11 is 0. The van der Waals surface area contributed by atoms with Gasteiger partial charge in [0.25, 0.3) is 0 Å². The van der Waals surface area contributed by atoms with Gasteiger partial charge in [-0.15, -0.1) is 0 Å². The molecular formula is C32H57NO5. The van der Waals surface area contributed by atoms with E-state index in [1.165, 1.54) is 51.4 Å². The molecule has 38 heavy (non-hydrogen) atoms. The number of carbonyl (C=O) groups is 4. The normalized spacial score (nSPS) is 17.2. The number of nitrogens with zero attached hydrogens (tertiary/aromatic N) is 1. The molecule has 0 aromatic rings. The average Bonchev–Trinajstić information content (AvgIpc) is 3.29. The minimum atomic E-state index is -0.352. The van der Waals surface area contributed by atoms with Gasteiger partial charge >= 0.3 is 5.97 Å². The van der Waals surface area contributed by atoms with Crippen molar-refractivity contribution in [3.05, 3.63) is 0 Å². The van der Waals surface area contributed by atoms with Crippen LogP contribution in [-0.2, 0) is 23.9 Å². The Balaban J connectivity index is 2.51. The summed E-state index contributed by atoms with van der Waals surface area (Å²) in [5, 5.41) is 0. The molecule has 1 amide bonds. The summed E-state index contributed by atoms with van der Waals surface area (Å²) in [4.78, 5) is 51.2. The molecule has 1 aliphatic heterocycles. The van der Waals surface area contributed by atoms with Gasteiger partial charge in [-0.25, -0.2) is 0 Å². The molecule has 0 saturated carbocycles. The van der Waals surface area contributed by atoms with Crippen molar-refractivity contribution in [3.8, 4) is 0 Å². The van der Waals surface area contributed by atoms with Crippen LogP contribution in [0.25, 0.3) is 0 Å². The second-order valence-corrected chi connectivity index (χ2v) is 11.5. The summed E-state index contributed by atoms with van der Waals surface area (Å²) < 4.78 is 5.70. The number of hydrogen-bond acceptors (Lipinski definition) is 5. The smallest absolute Gasteiger partial charge is 0.306 e. The monoisotopic (exact) mass is 535 g/mol. The van der Waals surface area contributed by atoms with E-state index in [2.05, 4.69) is 13.8 Å². The molecule has 1 aliphatic rings. The predicted octanol–water partition coefficient (Wildman–Crippen LogP) is 7.75. The van der Waals surface area contributed by atoms with E-state index in [0.717, 1.165) is 51.4 Å². The first-order chi connectivity index (χ1) is 18.4. The van der Waals surface area contributed by atoms with Gasteiger partial charge in [0.15, 0.2) is 0 Å². The van der Waals surface area contributed by atoms with Crippen LogP contribution in [0.3, 0.4) is 0 Å². The van der Waals surface area contributed by atoms with Gasteiger partial charge in [-0.2, -0.15) is 0 Å². The number of unbranched alkanes of at least 4 members (excludes halogenated alkanes) is 12. The van der Waals surface area contributed by atoms with Crippen LogP contribution in [0, 0.1) is 5.92 Å². The van der Waals surface area contributed by atoms with Gasteiger partial charge in [0, 0.05) is 44.6 Å². The first-order valence-electron chi connectivity index (χ1n) is 15.9. The highest BCUT2D eigenvalue weighted by atomic mass is 16.5. The molecule has 6 heteroatoms. The maximum atomic E-state index is 12.8. The van der Waals surface area contributed by atoms with E-state index < -0.39 is 0 Å². The van der Waals surface area contributed by atoms with E-state index in [1.807, 2.05) is 6.92 Å². The van der Waals surface area contributed by atoms with Crippen LogP contribution in [-0.4, -0.2) is 47.5 Å². The fraction of sp³-hybridized carbons (Fsp3) is 0.875. The van der Waals surface area contributed by atoms with Crippen LogP contribution in [0.2, 0.25) is 0 Å². The van der Waals surface area contributed by atoms with E-state index in [4.69, 9.17) is 4.74 Å². The number of ketones is 2. The molecule has 1 saturated heterocycles. The van der Waals surface area contributed by atoms with Crippen molar-refractivity contribution in [3.63, 3.8) is 0 Å². The summed E-state index contributed by atoms with van der Waals surface area (Å²) in [6, 6.07) is 0.105. The van der Waals surface area contributed by atoms with Crippen LogP contribution in [0.15, 0.2) is 0 Å². The Kier molecular flexibility index (Phi) is 20.0. The number of esters is 1. The Morgan fingerprint density at radius 1 is 0.737 bits per heavy atom. The second-order valence-electron chi connectivity index (χ2n) is 11.5. The lowest BCUT2D eigenvalue weighted by atomic mass is 9.90. The van der Waals surface area contributed by atoms with Crippen LogP contribution in [0.4, 0.5) is 0 Å². The van der Waals surface area contributed by atoms with Gasteiger partial charge in [-0.3, -0.25) is 19.2 Å². The summed E-state index contributed by atoms with van der Waals surface area (Å²) in [6.45, 7) is 6.86. The van der Waals surface area contributed by atoms with Crippen molar-refractivity contribution in [1.29, 1.82) is 0 Å². The summed E-state index contributed by atoms with van der Waals surface area (Å²) in [7, 11) is 0. The number of amides is 1. The first-order valence-corrected chi connectivity index (χ1v) is 15.9. The maximum absolute atomic E-state index is 12.8. The lowest BCUT2D eigenvalue weighted by molar-refractivity contribution is -0.150. The quantitative estimate of drug-likeness (QED) is 0.0678. The van der Waals surface area contributed by atoms with Crippen LogP contribution < -0.4 is 0 Å². The molecule has 6 nitrogen and oxygen atoms in total. The van der Waals surface area contributed by atoms with Gasteiger partial charge < -0.3 is 9.64 Å². The van der Waals surface area contributed by atoms with Crippen molar-refractivity contribution in [2.24, 2.45) is 5.92 Å². The van der Waals surface area contributed by atoms with Crippen LogP contribution in [0.1, 0.15) is 156 Å². The third-order valence-electron chi connectivity index (χ3n) is 7.93. The molecule has 0 bridgehead atoms. The molecule has 0 radical (unpaired) electrons. The molecule has 220 valence electrons. The molecule has 1 heterocycles. The van der Waals surface area contributed by atoms with Crippen molar-refractivity contribution in [2.45, 2.75) is 168 Å². The topological polar surface area (TPSA) is 80.8 Å². The van der Waals surface area contributed by atoms with Crippen LogP contribution >= 0.6 is 0 Å². The molecule has 0 N–H and O–H groups in total. The summed E-state index contributed by atoms with van der Waals surface area (Å²) in [6.07, 6.45) is 19.9. The number of ether oxygens (including phenoxy) is 1. The molecule has 2 unspecified atom stereocenters. The van der Waals surface area contributed by atoms with Crippen molar-refractivity contribution < 1.29 is 23.9 Å². The van der Waals surface area contributed by atoms with Crippen LogP contribution in [0.5, 0.6) is 0 Å². The highest BCUT2D eigenvalue weighted by Crippen LogP contribution is 2.24. The van der Waals surface area contributed by atoms with E-state index in [0.29, 0.717) is 25.8 Å². The second kappa shape index (κ2) is 22.1. The van der Waals surface area contributed by atoms with Gasteiger partial charge in [0.1, 0.15) is 17.7 Å². The minimum Gasteiger partial charge on any atom is -0.460 e. The number of Topliss-reactive ketones (excluding diaryl/α,β-unsaturated/α-hetero) is 2. The highest BCUT2D eigenvalue weighted by Gasteiger charge is 2.33. The van der Waals surface area contributed by atoms with E-state index in [1.54, 1.807) is 4.90 Å². The number of likely N-dealkylation sites (tertiary alicyclic amines) is 1. The Hall–Kier alpha value is -1.72. The number of hydrogen-bond donors (Lipinski definition) is 0. The van der Waals surface area contributed by atoms with Gasteiger partial charge in [-0.1, -0.05) is 97.8 Å². The molecule has 0 aromatic carbocycles. The SMILES string of the molecule is CCCCCCCCCC(=O)CC(CC(=O)CCCCCCCCC)CC(=O)OC1CC(CC)N(C=O)C1. The standard InChI is InChI=1S/C32H57NO5/c1-4-7-9-11-13-15-17-19-29(35)21-27(22-30(36)20-18-16-14-12-10-8-5-2)23-32(37)38-31-24-28(6-3)33(25-31)26-34/h26-28,31H,4-25H2,1-3H3.